The van der Waals surface area contributed by atoms with E-state index in [1.165, 1.54) is 19.4 Å². The van der Waals surface area contributed by atoms with Crippen LogP contribution < -0.4 is 4.74 Å². The molecular formula is C16H12N4O4. The third-order valence-corrected chi connectivity index (χ3v) is 3.17. The van der Waals surface area contributed by atoms with Crippen LogP contribution in [0.4, 0.5) is 5.69 Å². The number of rotatable bonds is 5. The summed E-state index contributed by atoms with van der Waals surface area (Å²) in [7, 11) is 1.26. The third-order valence-electron chi connectivity index (χ3n) is 3.17. The Morgan fingerprint density at radius 2 is 2.25 bits per heavy atom. The number of phenolic OH excluding ortho intramolecular Hbond substituents is 1. The molecule has 1 aromatic heterocycles. The van der Waals surface area contributed by atoms with Crippen molar-refractivity contribution >= 4 is 23.7 Å². The molecule has 24 heavy (non-hydrogen) atoms. The van der Waals surface area contributed by atoms with Gasteiger partial charge in [-0.3, -0.25) is 20.1 Å². The number of aliphatic imine (C=N–C) groups is 1. The van der Waals surface area contributed by atoms with Crippen molar-refractivity contribution in [3.8, 4) is 17.6 Å². The number of ether oxygens (including phenoxy) is 1. The van der Waals surface area contributed by atoms with Crippen LogP contribution in [0.5, 0.6) is 11.5 Å². The van der Waals surface area contributed by atoms with Crippen molar-refractivity contribution in [1.82, 2.24) is 4.98 Å². The molecule has 0 spiro atoms. The molecule has 1 heterocycles. The number of nitriles is 1. The van der Waals surface area contributed by atoms with E-state index in [-0.39, 0.29) is 22.6 Å². The van der Waals surface area contributed by atoms with Crippen molar-refractivity contribution in [3.63, 3.8) is 0 Å². The van der Waals surface area contributed by atoms with Crippen molar-refractivity contribution in [2.75, 3.05) is 7.11 Å². The molecule has 8 nitrogen and oxygen atoms in total. The fraction of sp³-hybridized carbons (Fsp3) is 0.0625. The minimum atomic E-state index is -0.755. The van der Waals surface area contributed by atoms with E-state index in [4.69, 9.17) is 4.74 Å². The molecule has 0 aliphatic carbocycles. The SMILES string of the molecule is C=N/C(=C(/C#N)c1ccccn1)c1cc(OC)c(O)c([N+](=O)[O-])c1. The van der Waals surface area contributed by atoms with Crippen LogP contribution in [-0.2, 0) is 0 Å². The molecule has 8 heteroatoms. The lowest BCUT2D eigenvalue weighted by Crippen LogP contribution is -1.96. The van der Waals surface area contributed by atoms with E-state index >= 15 is 0 Å². The van der Waals surface area contributed by atoms with Gasteiger partial charge in [0.25, 0.3) is 0 Å². The third kappa shape index (κ3) is 3.05. The smallest absolute Gasteiger partial charge is 0.315 e. The zero-order chi connectivity index (χ0) is 17.7. The fourth-order valence-corrected chi connectivity index (χ4v) is 2.08. The molecule has 120 valence electrons. The molecule has 0 aliphatic heterocycles. The summed E-state index contributed by atoms with van der Waals surface area (Å²) >= 11 is 0. The van der Waals surface area contributed by atoms with Gasteiger partial charge in [0.05, 0.1) is 23.4 Å². The first-order chi connectivity index (χ1) is 11.5. The zero-order valence-electron chi connectivity index (χ0n) is 12.6. The summed E-state index contributed by atoms with van der Waals surface area (Å²) in [5.41, 5.74) is 0.166. The number of aromatic hydroxyl groups is 1. The normalized spacial score (nSPS) is 11.2. The molecule has 0 radical (unpaired) electrons. The van der Waals surface area contributed by atoms with Gasteiger partial charge >= 0.3 is 5.69 Å². The summed E-state index contributed by atoms with van der Waals surface area (Å²) < 4.78 is 4.95. The highest BCUT2D eigenvalue weighted by atomic mass is 16.6. The van der Waals surface area contributed by atoms with E-state index in [1.54, 1.807) is 18.2 Å². The lowest BCUT2D eigenvalue weighted by molar-refractivity contribution is -0.386. The van der Waals surface area contributed by atoms with Crippen LogP contribution in [0.1, 0.15) is 11.3 Å². The largest absolute Gasteiger partial charge is 0.500 e. The molecule has 0 bridgehead atoms. The fourth-order valence-electron chi connectivity index (χ4n) is 2.08. The number of nitro groups is 1. The van der Waals surface area contributed by atoms with Crippen molar-refractivity contribution in [3.05, 3.63) is 57.9 Å². The van der Waals surface area contributed by atoms with E-state index in [9.17, 15) is 20.5 Å². The quantitative estimate of drug-likeness (QED) is 0.390. The molecule has 0 fully saturated rings. The predicted molar refractivity (Wildman–Crippen MR) is 87.5 cm³/mol. The number of pyridine rings is 1. The minimum Gasteiger partial charge on any atom is -0.500 e. The van der Waals surface area contributed by atoms with E-state index in [1.807, 2.05) is 6.07 Å². The molecule has 0 saturated carbocycles. The van der Waals surface area contributed by atoms with E-state index < -0.39 is 16.4 Å². The summed E-state index contributed by atoms with van der Waals surface area (Å²) in [6.45, 7) is 3.42. The summed E-state index contributed by atoms with van der Waals surface area (Å²) in [5.74, 6) is -0.718. The summed E-state index contributed by atoms with van der Waals surface area (Å²) in [4.78, 5) is 18.3. The van der Waals surface area contributed by atoms with Crippen molar-refractivity contribution in [2.24, 2.45) is 4.99 Å². The van der Waals surface area contributed by atoms with E-state index in [0.717, 1.165) is 6.07 Å². The van der Waals surface area contributed by atoms with Crippen LogP contribution in [0.15, 0.2) is 41.5 Å². The molecule has 0 unspecified atom stereocenters. The van der Waals surface area contributed by atoms with Gasteiger partial charge in [0.15, 0.2) is 5.75 Å². The molecule has 0 saturated heterocycles. The number of hydrogen-bond acceptors (Lipinski definition) is 7. The Hall–Kier alpha value is -3.73. The Bertz CT molecular complexity index is 870. The number of phenols is 1. The van der Waals surface area contributed by atoms with Gasteiger partial charge in [0.2, 0.25) is 5.75 Å². The summed E-state index contributed by atoms with van der Waals surface area (Å²) in [6.07, 6.45) is 1.51. The Balaban J connectivity index is 2.78. The highest BCUT2D eigenvalue weighted by Crippen LogP contribution is 2.40. The molecule has 0 aliphatic rings. The monoisotopic (exact) mass is 324 g/mol. The Labute approximate surface area is 137 Å². The highest BCUT2D eigenvalue weighted by molar-refractivity contribution is 5.97. The Morgan fingerprint density at radius 1 is 1.50 bits per heavy atom. The zero-order valence-corrected chi connectivity index (χ0v) is 12.6. The van der Waals surface area contributed by atoms with Crippen LogP contribution >= 0.6 is 0 Å². The number of benzene rings is 1. The Morgan fingerprint density at radius 3 is 2.75 bits per heavy atom. The van der Waals surface area contributed by atoms with Gasteiger partial charge in [-0.15, -0.1) is 0 Å². The first kappa shape index (κ1) is 16.6. The van der Waals surface area contributed by atoms with Crippen molar-refractivity contribution < 1.29 is 14.8 Å². The Kier molecular flexibility index (Phi) is 4.87. The standard InChI is InChI=1S/C16H12N4O4/c1-18-15(11(9-17)12-5-3-4-6-19-12)10-7-13(20(22)23)16(21)14(8-10)24-2/h3-8,21H,1H2,2H3/b15-11-. The van der Waals surface area contributed by atoms with Crippen molar-refractivity contribution in [1.29, 1.82) is 5.26 Å². The molecule has 0 atom stereocenters. The molecule has 1 aromatic carbocycles. The summed E-state index contributed by atoms with van der Waals surface area (Å²) in [5, 5.41) is 30.4. The number of nitrogens with zero attached hydrogens (tertiary/aromatic N) is 4. The average molecular weight is 324 g/mol. The van der Waals surface area contributed by atoms with Crippen LogP contribution in [0.25, 0.3) is 11.3 Å². The van der Waals surface area contributed by atoms with Crippen LogP contribution in [0, 0.1) is 21.4 Å². The minimum absolute atomic E-state index is 0.0904. The lowest BCUT2D eigenvalue weighted by atomic mass is 10.0. The predicted octanol–water partition coefficient (Wildman–Crippen LogP) is 2.80. The van der Waals surface area contributed by atoms with Gasteiger partial charge in [-0.25, -0.2) is 0 Å². The van der Waals surface area contributed by atoms with Gasteiger partial charge in [-0.2, -0.15) is 5.26 Å². The maximum atomic E-state index is 11.1. The van der Waals surface area contributed by atoms with Gasteiger partial charge in [0, 0.05) is 17.8 Å². The number of hydrogen-bond donors (Lipinski definition) is 1. The van der Waals surface area contributed by atoms with Crippen LogP contribution in [-0.4, -0.2) is 28.8 Å². The highest BCUT2D eigenvalue weighted by Gasteiger charge is 2.22. The number of allylic oxidation sites excluding steroid dienone is 1. The second-order valence-electron chi connectivity index (χ2n) is 4.51. The topological polar surface area (TPSA) is 122 Å². The second-order valence-corrected chi connectivity index (χ2v) is 4.51. The average Bonchev–Trinajstić information content (AvgIpc) is 2.60. The molecular weight excluding hydrogens is 312 g/mol. The van der Waals surface area contributed by atoms with Gasteiger partial charge in [-0.05, 0) is 24.9 Å². The van der Waals surface area contributed by atoms with Crippen LogP contribution in [0.2, 0.25) is 0 Å². The number of aromatic nitrogens is 1. The van der Waals surface area contributed by atoms with Crippen molar-refractivity contribution in [2.45, 2.75) is 0 Å². The van der Waals surface area contributed by atoms with E-state index in [0.29, 0.717) is 5.69 Å². The molecule has 1 N–H and O–H groups in total. The molecule has 2 rings (SSSR count). The maximum absolute atomic E-state index is 11.1. The second kappa shape index (κ2) is 7.02. The molecule has 0 amide bonds. The number of nitro benzene ring substituents is 1. The molecule has 2 aromatic rings. The van der Waals surface area contributed by atoms with Gasteiger partial charge in [0.1, 0.15) is 11.6 Å². The summed E-state index contributed by atoms with van der Waals surface area (Å²) in [6, 6.07) is 9.41. The lowest BCUT2D eigenvalue weighted by Gasteiger charge is -2.09. The van der Waals surface area contributed by atoms with Gasteiger partial charge in [-0.1, -0.05) is 6.07 Å². The van der Waals surface area contributed by atoms with Crippen LogP contribution in [0.3, 0.4) is 0 Å². The van der Waals surface area contributed by atoms with E-state index in [2.05, 4.69) is 16.7 Å². The first-order valence-electron chi connectivity index (χ1n) is 6.61. The maximum Gasteiger partial charge on any atom is 0.315 e. The first-order valence-corrected chi connectivity index (χ1v) is 6.61. The van der Waals surface area contributed by atoms with Gasteiger partial charge < -0.3 is 9.84 Å². The number of methoxy groups -OCH3 is 1.